The largest absolute Gasteiger partial charge is 0.207 e. The minimum atomic E-state index is -0.117. The van der Waals surface area contributed by atoms with Gasteiger partial charge in [-0.05, 0) is 48.3 Å². The second kappa shape index (κ2) is 3.44. The Balaban J connectivity index is 2.33. The SMILES string of the molecule is C=C(C)C1C(c2ccc(F)c(C)c2)C1(C)C. The van der Waals surface area contributed by atoms with Crippen molar-refractivity contribution in [2.24, 2.45) is 11.3 Å². The fourth-order valence-corrected chi connectivity index (χ4v) is 3.04. The van der Waals surface area contributed by atoms with E-state index >= 15 is 0 Å². The number of rotatable bonds is 2. The second-order valence-corrected chi connectivity index (χ2v) is 5.63. The Bertz CT molecular complexity index is 443. The highest BCUT2D eigenvalue weighted by Gasteiger charge is 2.58. The van der Waals surface area contributed by atoms with E-state index in [0.29, 0.717) is 11.8 Å². The van der Waals surface area contributed by atoms with E-state index < -0.39 is 0 Å². The Morgan fingerprint density at radius 1 is 1.38 bits per heavy atom. The molecule has 1 heteroatoms. The normalized spacial score (nSPS) is 26.6. The van der Waals surface area contributed by atoms with Gasteiger partial charge in [-0.3, -0.25) is 0 Å². The smallest absolute Gasteiger partial charge is 0.126 e. The van der Waals surface area contributed by atoms with Crippen molar-refractivity contribution in [2.75, 3.05) is 0 Å². The van der Waals surface area contributed by atoms with Crippen LogP contribution in [0.1, 0.15) is 37.8 Å². The number of halogens is 1. The van der Waals surface area contributed by atoms with Crippen LogP contribution in [-0.2, 0) is 0 Å². The lowest BCUT2D eigenvalue weighted by Gasteiger charge is -2.04. The van der Waals surface area contributed by atoms with Gasteiger partial charge in [0.05, 0.1) is 0 Å². The van der Waals surface area contributed by atoms with E-state index in [-0.39, 0.29) is 11.2 Å². The van der Waals surface area contributed by atoms with E-state index in [1.54, 1.807) is 6.07 Å². The number of hydrogen-bond acceptors (Lipinski definition) is 0. The van der Waals surface area contributed by atoms with E-state index in [1.807, 2.05) is 19.1 Å². The molecule has 1 fully saturated rings. The Morgan fingerprint density at radius 2 is 2.00 bits per heavy atom. The Kier molecular flexibility index (Phi) is 2.45. The lowest BCUT2D eigenvalue weighted by atomic mass is 10.0. The maximum Gasteiger partial charge on any atom is 0.126 e. The molecule has 0 bridgehead atoms. The quantitative estimate of drug-likeness (QED) is 0.643. The minimum absolute atomic E-state index is 0.117. The van der Waals surface area contributed by atoms with Gasteiger partial charge in [-0.2, -0.15) is 0 Å². The first-order valence-electron chi connectivity index (χ1n) is 5.77. The van der Waals surface area contributed by atoms with Crippen LogP contribution in [0.5, 0.6) is 0 Å². The molecule has 0 spiro atoms. The highest BCUT2D eigenvalue weighted by molar-refractivity contribution is 5.38. The summed E-state index contributed by atoms with van der Waals surface area (Å²) in [5, 5.41) is 0. The molecule has 1 aliphatic rings. The van der Waals surface area contributed by atoms with Gasteiger partial charge in [0.1, 0.15) is 5.82 Å². The minimum Gasteiger partial charge on any atom is -0.207 e. The van der Waals surface area contributed by atoms with Crippen LogP contribution in [0.3, 0.4) is 0 Å². The summed E-state index contributed by atoms with van der Waals surface area (Å²) in [6.07, 6.45) is 0. The summed E-state index contributed by atoms with van der Waals surface area (Å²) >= 11 is 0. The van der Waals surface area contributed by atoms with Gasteiger partial charge in [-0.15, -0.1) is 0 Å². The van der Waals surface area contributed by atoms with Crippen molar-refractivity contribution in [1.29, 1.82) is 0 Å². The van der Waals surface area contributed by atoms with Gasteiger partial charge in [0, 0.05) is 0 Å². The van der Waals surface area contributed by atoms with Crippen molar-refractivity contribution in [2.45, 2.75) is 33.6 Å². The standard InChI is InChI=1S/C15H19F/c1-9(2)13-14(15(13,4)5)11-6-7-12(16)10(3)8-11/h6-8,13-14H,1H2,2-5H3. The number of hydrogen-bond donors (Lipinski definition) is 0. The van der Waals surface area contributed by atoms with Crippen molar-refractivity contribution in [3.8, 4) is 0 Å². The summed E-state index contributed by atoms with van der Waals surface area (Å²) in [7, 11) is 0. The van der Waals surface area contributed by atoms with Crippen molar-refractivity contribution >= 4 is 0 Å². The van der Waals surface area contributed by atoms with Crippen molar-refractivity contribution in [3.63, 3.8) is 0 Å². The average Bonchev–Trinajstić information content (AvgIpc) is 2.74. The Morgan fingerprint density at radius 3 is 2.44 bits per heavy atom. The zero-order valence-corrected chi connectivity index (χ0v) is 10.5. The molecule has 1 aromatic rings. The molecule has 0 amide bonds. The first-order valence-corrected chi connectivity index (χ1v) is 5.77. The molecule has 1 aliphatic carbocycles. The third-order valence-electron chi connectivity index (χ3n) is 3.90. The van der Waals surface area contributed by atoms with Gasteiger partial charge in [-0.25, -0.2) is 4.39 Å². The average molecular weight is 218 g/mol. The molecule has 1 saturated carbocycles. The molecule has 86 valence electrons. The number of allylic oxidation sites excluding steroid dienone is 1. The van der Waals surface area contributed by atoms with Gasteiger partial charge in [0.25, 0.3) is 0 Å². The van der Waals surface area contributed by atoms with E-state index in [9.17, 15) is 4.39 Å². The monoisotopic (exact) mass is 218 g/mol. The predicted molar refractivity (Wildman–Crippen MR) is 66.0 cm³/mol. The summed E-state index contributed by atoms with van der Waals surface area (Å²) in [5.74, 6) is 0.927. The highest BCUT2D eigenvalue weighted by atomic mass is 19.1. The predicted octanol–water partition coefficient (Wildman–Crippen LogP) is 4.45. The topological polar surface area (TPSA) is 0 Å². The Hall–Kier alpha value is -1.11. The van der Waals surface area contributed by atoms with E-state index in [2.05, 4.69) is 27.4 Å². The first kappa shape index (κ1) is 11.4. The van der Waals surface area contributed by atoms with Crippen LogP contribution in [0.25, 0.3) is 0 Å². The molecule has 0 N–H and O–H groups in total. The molecule has 2 unspecified atom stereocenters. The van der Waals surface area contributed by atoms with Gasteiger partial charge in [0.15, 0.2) is 0 Å². The maximum atomic E-state index is 13.2. The molecular formula is C15H19F. The van der Waals surface area contributed by atoms with Gasteiger partial charge >= 0.3 is 0 Å². The van der Waals surface area contributed by atoms with E-state index in [4.69, 9.17) is 0 Å². The Labute approximate surface area is 97.2 Å². The van der Waals surface area contributed by atoms with Crippen LogP contribution in [-0.4, -0.2) is 0 Å². The lowest BCUT2D eigenvalue weighted by molar-refractivity contribution is 0.583. The van der Waals surface area contributed by atoms with E-state index in [1.165, 1.54) is 11.1 Å². The molecule has 0 aromatic heterocycles. The van der Waals surface area contributed by atoms with Crippen LogP contribution in [0, 0.1) is 24.1 Å². The summed E-state index contributed by atoms with van der Waals surface area (Å²) in [5.41, 5.74) is 3.49. The molecular weight excluding hydrogens is 199 g/mol. The van der Waals surface area contributed by atoms with Crippen LogP contribution in [0.4, 0.5) is 4.39 Å². The first-order chi connectivity index (χ1) is 7.35. The fraction of sp³-hybridized carbons (Fsp3) is 0.467. The highest BCUT2D eigenvalue weighted by Crippen LogP contribution is 2.66. The number of aryl methyl sites for hydroxylation is 1. The van der Waals surface area contributed by atoms with Gasteiger partial charge < -0.3 is 0 Å². The number of benzene rings is 1. The van der Waals surface area contributed by atoms with Crippen LogP contribution in [0.2, 0.25) is 0 Å². The second-order valence-electron chi connectivity index (χ2n) is 5.63. The van der Waals surface area contributed by atoms with Crippen molar-refractivity contribution in [3.05, 3.63) is 47.3 Å². The molecule has 2 rings (SSSR count). The summed E-state index contributed by atoms with van der Waals surface area (Å²) in [6, 6.07) is 5.47. The summed E-state index contributed by atoms with van der Waals surface area (Å²) < 4.78 is 13.2. The molecule has 0 saturated heterocycles. The lowest BCUT2D eigenvalue weighted by Crippen LogP contribution is -1.92. The van der Waals surface area contributed by atoms with Crippen molar-refractivity contribution in [1.82, 2.24) is 0 Å². The zero-order chi connectivity index (χ0) is 12.1. The third kappa shape index (κ3) is 1.59. The molecule has 2 atom stereocenters. The summed E-state index contributed by atoms with van der Waals surface area (Å²) in [6.45, 7) is 12.5. The maximum absolute atomic E-state index is 13.2. The molecule has 0 heterocycles. The summed E-state index contributed by atoms with van der Waals surface area (Å²) in [4.78, 5) is 0. The van der Waals surface area contributed by atoms with Gasteiger partial charge in [0.2, 0.25) is 0 Å². The van der Waals surface area contributed by atoms with Gasteiger partial charge in [-0.1, -0.05) is 38.1 Å². The van der Waals surface area contributed by atoms with Crippen molar-refractivity contribution < 1.29 is 4.39 Å². The van der Waals surface area contributed by atoms with Crippen LogP contribution >= 0.6 is 0 Å². The molecule has 0 radical (unpaired) electrons. The fourth-order valence-electron chi connectivity index (χ4n) is 3.04. The molecule has 16 heavy (non-hydrogen) atoms. The van der Waals surface area contributed by atoms with E-state index in [0.717, 1.165) is 5.56 Å². The third-order valence-corrected chi connectivity index (χ3v) is 3.90. The van der Waals surface area contributed by atoms with Crippen LogP contribution < -0.4 is 0 Å². The van der Waals surface area contributed by atoms with Crippen LogP contribution in [0.15, 0.2) is 30.4 Å². The molecule has 0 aliphatic heterocycles. The zero-order valence-electron chi connectivity index (χ0n) is 10.5. The molecule has 1 aromatic carbocycles. The molecule has 0 nitrogen and oxygen atoms in total.